The highest BCUT2D eigenvalue weighted by molar-refractivity contribution is 7.92. The second-order valence-corrected chi connectivity index (χ2v) is 7.99. The van der Waals surface area contributed by atoms with Crippen LogP contribution in [0.1, 0.15) is 20.3 Å². The third kappa shape index (κ3) is 3.19. The summed E-state index contributed by atoms with van der Waals surface area (Å²) in [6, 6.07) is 5.00. The average molecular weight is 319 g/mol. The van der Waals surface area contributed by atoms with Crippen molar-refractivity contribution >= 4 is 33.0 Å². The fraction of sp³-hybridized carbons (Fsp3) is 0.538. The molecule has 0 bridgehead atoms. The van der Waals surface area contributed by atoms with Crippen LogP contribution in [0.4, 0.5) is 11.4 Å². The van der Waals surface area contributed by atoms with E-state index in [1.54, 1.807) is 18.2 Å². The molecule has 0 saturated heterocycles. The maximum Gasteiger partial charge on any atom is 0.229 e. The SMILES string of the molecule is CC1(C)C(O)CC1Nc1cc(NS(C)(=O)=O)ccc1Cl. The van der Waals surface area contributed by atoms with Crippen LogP contribution in [-0.4, -0.2) is 31.9 Å². The van der Waals surface area contributed by atoms with E-state index in [0.717, 1.165) is 6.26 Å². The van der Waals surface area contributed by atoms with E-state index in [4.69, 9.17) is 11.6 Å². The molecule has 1 aliphatic carbocycles. The molecule has 0 heterocycles. The van der Waals surface area contributed by atoms with E-state index >= 15 is 0 Å². The third-order valence-electron chi connectivity index (χ3n) is 3.82. The van der Waals surface area contributed by atoms with E-state index in [9.17, 15) is 13.5 Å². The Labute approximate surface area is 124 Å². The number of hydrogen-bond donors (Lipinski definition) is 3. The maximum atomic E-state index is 11.2. The summed E-state index contributed by atoms with van der Waals surface area (Å²) in [4.78, 5) is 0. The zero-order chi connectivity index (χ0) is 15.1. The van der Waals surface area contributed by atoms with Gasteiger partial charge < -0.3 is 10.4 Å². The van der Waals surface area contributed by atoms with Crippen molar-refractivity contribution in [2.45, 2.75) is 32.4 Å². The average Bonchev–Trinajstić information content (AvgIpc) is 2.31. The topological polar surface area (TPSA) is 78.4 Å². The largest absolute Gasteiger partial charge is 0.392 e. The van der Waals surface area contributed by atoms with E-state index in [1.165, 1.54) is 0 Å². The Morgan fingerprint density at radius 1 is 1.40 bits per heavy atom. The molecular formula is C13H19ClN2O3S. The predicted molar refractivity (Wildman–Crippen MR) is 81.7 cm³/mol. The lowest BCUT2D eigenvalue weighted by Crippen LogP contribution is -2.56. The Bertz CT molecular complexity index is 616. The Kier molecular flexibility index (Phi) is 3.92. The smallest absolute Gasteiger partial charge is 0.229 e. The highest BCUT2D eigenvalue weighted by Gasteiger charge is 2.47. The number of sulfonamides is 1. The summed E-state index contributed by atoms with van der Waals surface area (Å²) >= 11 is 6.12. The van der Waals surface area contributed by atoms with Gasteiger partial charge in [-0.15, -0.1) is 0 Å². The first-order valence-corrected chi connectivity index (χ1v) is 8.58. The van der Waals surface area contributed by atoms with Gasteiger partial charge in [0.25, 0.3) is 0 Å². The van der Waals surface area contributed by atoms with Crippen LogP contribution in [0.5, 0.6) is 0 Å². The lowest BCUT2D eigenvalue weighted by Gasteiger charge is -2.50. The van der Waals surface area contributed by atoms with Gasteiger partial charge in [0.15, 0.2) is 0 Å². The molecule has 5 nitrogen and oxygen atoms in total. The van der Waals surface area contributed by atoms with E-state index < -0.39 is 10.0 Å². The van der Waals surface area contributed by atoms with Crippen LogP contribution in [-0.2, 0) is 10.0 Å². The quantitative estimate of drug-likeness (QED) is 0.796. The van der Waals surface area contributed by atoms with Crippen molar-refractivity contribution in [2.24, 2.45) is 5.41 Å². The molecule has 2 atom stereocenters. The van der Waals surface area contributed by atoms with Crippen LogP contribution in [0, 0.1) is 5.41 Å². The van der Waals surface area contributed by atoms with Crippen molar-refractivity contribution in [1.82, 2.24) is 0 Å². The highest BCUT2D eigenvalue weighted by atomic mass is 35.5. The summed E-state index contributed by atoms with van der Waals surface area (Å²) in [5, 5.41) is 13.5. The van der Waals surface area contributed by atoms with Gasteiger partial charge in [0.1, 0.15) is 0 Å². The van der Waals surface area contributed by atoms with Crippen molar-refractivity contribution in [3.05, 3.63) is 23.2 Å². The van der Waals surface area contributed by atoms with Gasteiger partial charge in [0.05, 0.1) is 28.8 Å². The molecule has 1 fully saturated rings. The van der Waals surface area contributed by atoms with Crippen LogP contribution in [0.25, 0.3) is 0 Å². The van der Waals surface area contributed by atoms with Crippen LogP contribution >= 0.6 is 11.6 Å². The zero-order valence-corrected chi connectivity index (χ0v) is 13.2. The molecule has 20 heavy (non-hydrogen) atoms. The highest BCUT2D eigenvalue weighted by Crippen LogP contribution is 2.43. The lowest BCUT2D eigenvalue weighted by molar-refractivity contribution is -0.0510. The number of aliphatic hydroxyl groups is 1. The monoisotopic (exact) mass is 318 g/mol. The molecule has 1 saturated carbocycles. The first-order valence-electron chi connectivity index (χ1n) is 6.31. The molecular weight excluding hydrogens is 300 g/mol. The third-order valence-corrected chi connectivity index (χ3v) is 4.75. The number of nitrogens with one attached hydrogen (secondary N) is 2. The van der Waals surface area contributed by atoms with Crippen LogP contribution in [0.15, 0.2) is 18.2 Å². The fourth-order valence-electron chi connectivity index (χ4n) is 2.25. The number of aliphatic hydroxyl groups excluding tert-OH is 1. The number of benzene rings is 1. The van der Waals surface area contributed by atoms with Gasteiger partial charge >= 0.3 is 0 Å². The van der Waals surface area contributed by atoms with Crippen molar-refractivity contribution < 1.29 is 13.5 Å². The summed E-state index contributed by atoms with van der Waals surface area (Å²) in [5.74, 6) is 0. The first-order chi connectivity index (χ1) is 9.09. The zero-order valence-electron chi connectivity index (χ0n) is 11.6. The molecule has 2 unspecified atom stereocenters. The first kappa shape index (κ1) is 15.4. The van der Waals surface area contributed by atoms with E-state index in [1.807, 2.05) is 13.8 Å². The molecule has 0 aromatic heterocycles. The van der Waals surface area contributed by atoms with Gasteiger partial charge in [0, 0.05) is 11.5 Å². The van der Waals surface area contributed by atoms with Crippen molar-refractivity contribution in [1.29, 1.82) is 0 Å². The molecule has 112 valence electrons. The van der Waals surface area contributed by atoms with Gasteiger partial charge in [-0.3, -0.25) is 4.72 Å². The summed E-state index contributed by atoms with van der Waals surface area (Å²) in [5.41, 5.74) is 0.881. The summed E-state index contributed by atoms with van der Waals surface area (Å²) < 4.78 is 24.9. The van der Waals surface area contributed by atoms with Gasteiger partial charge in [-0.05, 0) is 24.6 Å². The number of halogens is 1. The second kappa shape index (κ2) is 5.09. The molecule has 0 amide bonds. The molecule has 0 radical (unpaired) electrons. The summed E-state index contributed by atoms with van der Waals surface area (Å²) in [6.45, 7) is 3.96. The Morgan fingerprint density at radius 2 is 2.05 bits per heavy atom. The molecule has 1 aliphatic rings. The number of rotatable bonds is 4. The van der Waals surface area contributed by atoms with Gasteiger partial charge in [-0.1, -0.05) is 25.4 Å². The molecule has 2 rings (SSSR count). The Morgan fingerprint density at radius 3 is 2.55 bits per heavy atom. The van der Waals surface area contributed by atoms with Crippen LogP contribution in [0.2, 0.25) is 5.02 Å². The Balaban J connectivity index is 2.18. The van der Waals surface area contributed by atoms with Crippen LogP contribution < -0.4 is 10.0 Å². The van der Waals surface area contributed by atoms with E-state index in [2.05, 4.69) is 10.0 Å². The minimum Gasteiger partial charge on any atom is -0.392 e. The lowest BCUT2D eigenvalue weighted by atomic mass is 9.64. The van der Waals surface area contributed by atoms with Crippen LogP contribution in [0.3, 0.4) is 0 Å². The second-order valence-electron chi connectivity index (χ2n) is 5.84. The molecule has 3 N–H and O–H groups in total. The molecule has 1 aromatic rings. The van der Waals surface area contributed by atoms with E-state index in [-0.39, 0.29) is 17.6 Å². The molecule has 7 heteroatoms. The molecule has 0 spiro atoms. The Hall–Kier alpha value is -0.980. The van der Waals surface area contributed by atoms with Crippen molar-refractivity contribution in [3.8, 4) is 0 Å². The number of hydrogen-bond acceptors (Lipinski definition) is 4. The number of anilines is 2. The van der Waals surface area contributed by atoms with Gasteiger partial charge in [-0.25, -0.2) is 8.42 Å². The maximum absolute atomic E-state index is 11.2. The van der Waals surface area contributed by atoms with Crippen molar-refractivity contribution in [2.75, 3.05) is 16.3 Å². The van der Waals surface area contributed by atoms with Gasteiger partial charge in [-0.2, -0.15) is 0 Å². The predicted octanol–water partition coefficient (Wildman–Crippen LogP) is 2.28. The molecule has 1 aromatic carbocycles. The normalized spacial score (nSPS) is 24.9. The van der Waals surface area contributed by atoms with Gasteiger partial charge in [0.2, 0.25) is 10.0 Å². The minimum atomic E-state index is -3.32. The summed E-state index contributed by atoms with van der Waals surface area (Å²) in [7, 11) is -3.32. The summed E-state index contributed by atoms with van der Waals surface area (Å²) in [6.07, 6.45) is 1.41. The van der Waals surface area contributed by atoms with Crippen molar-refractivity contribution in [3.63, 3.8) is 0 Å². The standard InChI is InChI=1S/C13H19ClN2O3S/c1-13(2)11(7-12(13)17)15-10-6-8(4-5-9(10)14)16-20(3,18)19/h4-6,11-12,15-17H,7H2,1-3H3. The molecule has 0 aliphatic heterocycles. The fourth-order valence-corrected chi connectivity index (χ4v) is 2.98. The minimum absolute atomic E-state index is 0.100. The van der Waals surface area contributed by atoms with E-state index in [0.29, 0.717) is 22.8 Å².